The van der Waals surface area contributed by atoms with Gasteiger partial charge in [-0.1, -0.05) is 30.3 Å². The van der Waals surface area contributed by atoms with E-state index in [9.17, 15) is 19.7 Å². The Hall–Kier alpha value is -3.10. The van der Waals surface area contributed by atoms with Crippen LogP contribution in [0.15, 0.2) is 48.5 Å². The zero-order chi connectivity index (χ0) is 20.1. The average Bonchev–Trinajstić information content (AvgIpc) is 2.73. The summed E-state index contributed by atoms with van der Waals surface area (Å²) in [5, 5.41) is 11.2. The van der Waals surface area contributed by atoms with Gasteiger partial charge in [-0.15, -0.1) is 0 Å². The van der Waals surface area contributed by atoms with Crippen LogP contribution in [-0.4, -0.2) is 61.4 Å². The van der Waals surface area contributed by atoms with Crippen molar-refractivity contribution >= 4 is 23.1 Å². The van der Waals surface area contributed by atoms with Gasteiger partial charge >= 0.3 is 0 Å². The number of non-ortho nitro benzene ring substituents is 1. The van der Waals surface area contributed by atoms with Gasteiger partial charge in [0.1, 0.15) is 0 Å². The van der Waals surface area contributed by atoms with E-state index in [1.807, 2.05) is 4.90 Å². The molecular formula is C20H21N3O5. The van der Waals surface area contributed by atoms with Gasteiger partial charge in [0, 0.05) is 37.8 Å². The number of carbonyl (C=O) groups excluding carboxylic acids is 2. The van der Waals surface area contributed by atoms with Crippen LogP contribution in [-0.2, 0) is 9.53 Å². The predicted molar refractivity (Wildman–Crippen MR) is 104 cm³/mol. The lowest BCUT2D eigenvalue weighted by molar-refractivity contribution is -0.384. The van der Waals surface area contributed by atoms with Gasteiger partial charge in [0.05, 0.1) is 35.9 Å². The molecule has 0 unspecified atom stereocenters. The summed E-state index contributed by atoms with van der Waals surface area (Å²) in [7, 11) is 1.58. The Balaban J connectivity index is 1.91. The van der Waals surface area contributed by atoms with Crippen LogP contribution in [0, 0.1) is 10.1 Å². The number of likely N-dealkylation sites (N-methyl/N-ethyl adjacent to an activating group) is 1. The largest absolute Gasteiger partial charge is 0.379 e. The average molecular weight is 383 g/mol. The second-order valence-corrected chi connectivity index (χ2v) is 6.49. The first-order valence-electron chi connectivity index (χ1n) is 8.92. The van der Waals surface area contributed by atoms with Gasteiger partial charge in [-0.3, -0.25) is 24.6 Å². The number of ketones is 1. The Labute approximate surface area is 162 Å². The van der Waals surface area contributed by atoms with E-state index in [1.165, 1.54) is 23.1 Å². The number of hydrogen-bond donors (Lipinski definition) is 0. The molecule has 1 saturated heterocycles. The third-order valence-corrected chi connectivity index (χ3v) is 4.67. The number of nitro groups is 1. The number of nitro benzene ring substituents is 1. The SMILES string of the molecule is CN(C(=O)CN1CCOCC1)c1ccc([N+](=O)[O-])cc1C(=O)c1ccccc1. The number of nitrogens with zero attached hydrogens (tertiary/aromatic N) is 3. The number of rotatable bonds is 6. The fourth-order valence-electron chi connectivity index (χ4n) is 3.05. The van der Waals surface area contributed by atoms with Crippen molar-refractivity contribution in [3.63, 3.8) is 0 Å². The van der Waals surface area contributed by atoms with E-state index in [0.717, 1.165) is 0 Å². The number of morpholine rings is 1. The zero-order valence-corrected chi connectivity index (χ0v) is 15.5. The van der Waals surface area contributed by atoms with Crippen molar-refractivity contribution in [1.29, 1.82) is 0 Å². The smallest absolute Gasteiger partial charge is 0.270 e. The lowest BCUT2D eigenvalue weighted by atomic mass is 10.0. The summed E-state index contributed by atoms with van der Waals surface area (Å²) in [4.78, 5) is 39.7. The van der Waals surface area contributed by atoms with E-state index in [2.05, 4.69) is 0 Å². The van der Waals surface area contributed by atoms with Gasteiger partial charge < -0.3 is 9.64 Å². The molecule has 1 heterocycles. The molecule has 146 valence electrons. The van der Waals surface area contributed by atoms with Gasteiger partial charge in [-0.2, -0.15) is 0 Å². The lowest BCUT2D eigenvalue weighted by Crippen LogP contribution is -2.44. The molecule has 28 heavy (non-hydrogen) atoms. The molecule has 0 radical (unpaired) electrons. The molecule has 3 rings (SSSR count). The number of ether oxygens (including phenoxy) is 1. The normalized spacial score (nSPS) is 14.5. The molecule has 0 atom stereocenters. The molecule has 0 aliphatic carbocycles. The number of hydrogen-bond acceptors (Lipinski definition) is 6. The number of carbonyl (C=O) groups is 2. The molecule has 8 heteroatoms. The molecule has 2 aromatic rings. The van der Waals surface area contributed by atoms with Crippen molar-refractivity contribution in [3.05, 3.63) is 69.8 Å². The highest BCUT2D eigenvalue weighted by atomic mass is 16.6. The van der Waals surface area contributed by atoms with E-state index >= 15 is 0 Å². The van der Waals surface area contributed by atoms with Crippen molar-refractivity contribution in [2.75, 3.05) is 44.8 Å². The lowest BCUT2D eigenvalue weighted by Gasteiger charge is -2.28. The first kappa shape index (κ1) is 19.7. The molecule has 0 saturated carbocycles. The van der Waals surface area contributed by atoms with Crippen molar-refractivity contribution in [1.82, 2.24) is 4.90 Å². The first-order chi connectivity index (χ1) is 13.5. The van der Waals surface area contributed by atoms with E-state index in [0.29, 0.717) is 37.6 Å². The zero-order valence-electron chi connectivity index (χ0n) is 15.5. The van der Waals surface area contributed by atoms with Crippen molar-refractivity contribution in [2.24, 2.45) is 0 Å². The highest BCUT2D eigenvalue weighted by Gasteiger charge is 2.24. The van der Waals surface area contributed by atoms with E-state index in [4.69, 9.17) is 4.74 Å². The summed E-state index contributed by atoms with van der Waals surface area (Å²) in [5.41, 5.74) is 0.672. The molecule has 1 amide bonds. The number of amides is 1. The Bertz CT molecular complexity index is 879. The highest BCUT2D eigenvalue weighted by molar-refractivity contribution is 6.14. The molecule has 0 N–H and O–H groups in total. The van der Waals surface area contributed by atoms with Crippen LogP contribution in [0.4, 0.5) is 11.4 Å². The van der Waals surface area contributed by atoms with Crippen LogP contribution in [0.25, 0.3) is 0 Å². The highest BCUT2D eigenvalue weighted by Crippen LogP contribution is 2.27. The molecule has 1 aliphatic rings. The van der Waals surface area contributed by atoms with Gasteiger partial charge in [0.25, 0.3) is 5.69 Å². The van der Waals surface area contributed by atoms with E-state index < -0.39 is 4.92 Å². The van der Waals surface area contributed by atoms with Crippen molar-refractivity contribution < 1.29 is 19.2 Å². The van der Waals surface area contributed by atoms with Crippen molar-refractivity contribution in [3.8, 4) is 0 Å². The molecule has 8 nitrogen and oxygen atoms in total. The fourth-order valence-corrected chi connectivity index (χ4v) is 3.05. The second kappa shape index (κ2) is 8.73. The van der Waals surface area contributed by atoms with Gasteiger partial charge in [-0.25, -0.2) is 0 Å². The Kier molecular flexibility index (Phi) is 6.13. The molecular weight excluding hydrogens is 362 g/mol. The number of anilines is 1. The van der Waals surface area contributed by atoms with Crippen LogP contribution in [0.3, 0.4) is 0 Å². The van der Waals surface area contributed by atoms with Crippen LogP contribution in [0.1, 0.15) is 15.9 Å². The molecule has 0 aromatic heterocycles. The summed E-state index contributed by atoms with van der Waals surface area (Å²) >= 11 is 0. The summed E-state index contributed by atoms with van der Waals surface area (Å²) in [6, 6.07) is 12.5. The maximum atomic E-state index is 13.0. The topological polar surface area (TPSA) is 93.0 Å². The molecule has 0 spiro atoms. The number of benzene rings is 2. The maximum Gasteiger partial charge on any atom is 0.270 e. The molecule has 1 aliphatic heterocycles. The van der Waals surface area contributed by atoms with E-state index in [-0.39, 0.29) is 29.5 Å². The standard InChI is InChI=1S/C20H21N3O5/c1-21(19(24)14-22-9-11-28-12-10-22)18-8-7-16(23(26)27)13-17(18)20(25)15-5-3-2-4-6-15/h2-8,13H,9-12,14H2,1H3. The van der Waals surface area contributed by atoms with Gasteiger partial charge in [0.15, 0.2) is 5.78 Å². The van der Waals surface area contributed by atoms with Gasteiger partial charge in [0.2, 0.25) is 5.91 Å². The summed E-state index contributed by atoms with van der Waals surface area (Å²) in [6.07, 6.45) is 0. The summed E-state index contributed by atoms with van der Waals surface area (Å²) in [6.45, 7) is 2.67. The van der Waals surface area contributed by atoms with Crippen molar-refractivity contribution in [2.45, 2.75) is 0 Å². The first-order valence-corrected chi connectivity index (χ1v) is 8.92. The third kappa shape index (κ3) is 4.41. The summed E-state index contributed by atoms with van der Waals surface area (Å²) in [5.74, 6) is -0.566. The van der Waals surface area contributed by atoms with Gasteiger partial charge in [-0.05, 0) is 6.07 Å². The van der Waals surface area contributed by atoms with Crippen LogP contribution < -0.4 is 4.90 Å². The minimum Gasteiger partial charge on any atom is -0.379 e. The second-order valence-electron chi connectivity index (χ2n) is 6.49. The summed E-state index contributed by atoms with van der Waals surface area (Å²) < 4.78 is 5.29. The van der Waals surface area contributed by atoms with E-state index in [1.54, 1.807) is 37.4 Å². The monoisotopic (exact) mass is 383 g/mol. The maximum absolute atomic E-state index is 13.0. The Morgan fingerprint density at radius 1 is 1.14 bits per heavy atom. The third-order valence-electron chi connectivity index (χ3n) is 4.67. The predicted octanol–water partition coefficient (Wildman–Crippen LogP) is 2.12. The molecule has 0 bridgehead atoms. The molecule has 2 aromatic carbocycles. The van der Waals surface area contributed by atoms with Crippen LogP contribution >= 0.6 is 0 Å². The van der Waals surface area contributed by atoms with Crippen LogP contribution in [0.5, 0.6) is 0 Å². The quantitative estimate of drug-likeness (QED) is 0.431. The minimum absolute atomic E-state index is 0.123. The Morgan fingerprint density at radius 2 is 1.82 bits per heavy atom. The fraction of sp³-hybridized carbons (Fsp3) is 0.300. The Morgan fingerprint density at radius 3 is 2.46 bits per heavy atom. The van der Waals surface area contributed by atoms with Crippen LogP contribution in [0.2, 0.25) is 0 Å². The molecule has 1 fully saturated rings. The minimum atomic E-state index is -0.554.